The van der Waals surface area contributed by atoms with Crippen LogP contribution >= 0.6 is 11.8 Å². The number of nitrogen functional groups attached to an aromatic ring is 1. The molecule has 1 amide bonds. The molecular formula is C14H16N4O2S. The second kappa shape index (κ2) is 6.94. The molecule has 2 rings (SSSR count). The topological polar surface area (TPSA) is 90.1 Å². The van der Waals surface area contributed by atoms with E-state index >= 15 is 0 Å². The fourth-order valence-electron chi connectivity index (χ4n) is 1.62. The Balaban J connectivity index is 2.05. The first-order chi connectivity index (χ1) is 10.1. The Morgan fingerprint density at radius 3 is 2.76 bits per heavy atom. The van der Waals surface area contributed by atoms with E-state index in [1.165, 1.54) is 18.9 Å². The summed E-state index contributed by atoms with van der Waals surface area (Å²) in [6.07, 6.45) is 3.28. The lowest BCUT2D eigenvalue weighted by Gasteiger charge is -2.14. The van der Waals surface area contributed by atoms with Crippen molar-refractivity contribution in [1.29, 1.82) is 0 Å². The Kier molecular flexibility index (Phi) is 4.99. The molecule has 0 aliphatic rings. The van der Waals surface area contributed by atoms with Gasteiger partial charge in [0.25, 0.3) is 0 Å². The van der Waals surface area contributed by atoms with Crippen molar-refractivity contribution in [2.45, 2.75) is 17.3 Å². The molecule has 0 radical (unpaired) electrons. The van der Waals surface area contributed by atoms with E-state index in [0.717, 1.165) is 0 Å². The molecule has 0 bridgehead atoms. The summed E-state index contributed by atoms with van der Waals surface area (Å²) in [7, 11) is 1.54. The predicted octanol–water partition coefficient (Wildman–Crippen LogP) is 2.19. The molecular weight excluding hydrogens is 288 g/mol. The summed E-state index contributed by atoms with van der Waals surface area (Å²) < 4.78 is 5.20. The summed E-state index contributed by atoms with van der Waals surface area (Å²) in [6.45, 7) is 1.79. The lowest BCUT2D eigenvalue weighted by molar-refractivity contribution is -0.115. The average Bonchev–Trinajstić information content (AvgIpc) is 2.48. The molecule has 0 fully saturated rings. The minimum Gasteiger partial charge on any atom is -0.495 e. The van der Waals surface area contributed by atoms with Crippen molar-refractivity contribution in [2.75, 3.05) is 18.2 Å². The maximum Gasteiger partial charge on any atom is 0.237 e. The van der Waals surface area contributed by atoms with Crippen LogP contribution in [0.4, 0.5) is 11.4 Å². The number of amides is 1. The second-order valence-electron chi connectivity index (χ2n) is 4.24. The molecule has 1 heterocycles. The van der Waals surface area contributed by atoms with Crippen LogP contribution in [0.15, 0.2) is 41.8 Å². The van der Waals surface area contributed by atoms with Gasteiger partial charge in [0.1, 0.15) is 5.75 Å². The lowest BCUT2D eigenvalue weighted by Crippen LogP contribution is -2.23. The number of hydrogen-bond donors (Lipinski definition) is 2. The number of carbonyl (C=O) groups excluding carboxylic acids is 1. The fourth-order valence-corrected chi connectivity index (χ4v) is 2.34. The summed E-state index contributed by atoms with van der Waals surface area (Å²) in [5, 5.41) is 3.01. The highest BCUT2D eigenvalue weighted by Gasteiger charge is 2.17. The zero-order chi connectivity index (χ0) is 15.2. The van der Waals surface area contributed by atoms with Gasteiger partial charge in [-0.1, -0.05) is 11.8 Å². The summed E-state index contributed by atoms with van der Waals surface area (Å²) in [4.78, 5) is 20.4. The number of rotatable bonds is 5. The van der Waals surface area contributed by atoms with E-state index in [4.69, 9.17) is 10.5 Å². The highest BCUT2D eigenvalue weighted by Crippen LogP contribution is 2.28. The van der Waals surface area contributed by atoms with Crippen molar-refractivity contribution in [3.05, 3.63) is 36.7 Å². The van der Waals surface area contributed by atoms with E-state index in [-0.39, 0.29) is 11.2 Å². The third-order valence-electron chi connectivity index (χ3n) is 2.67. The molecule has 0 aliphatic carbocycles. The minimum atomic E-state index is -0.349. The number of methoxy groups -OCH3 is 1. The maximum absolute atomic E-state index is 12.2. The molecule has 3 N–H and O–H groups in total. The van der Waals surface area contributed by atoms with Crippen molar-refractivity contribution in [3.63, 3.8) is 0 Å². The molecule has 1 unspecified atom stereocenters. The number of hydrogen-bond acceptors (Lipinski definition) is 6. The van der Waals surface area contributed by atoms with Crippen LogP contribution in [0.25, 0.3) is 0 Å². The van der Waals surface area contributed by atoms with E-state index in [1.807, 2.05) is 0 Å². The van der Waals surface area contributed by atoms with Gasteiger partial charge in [-0.2, -0.15) is 0 Å². The SMILES string of the molecule is COc1ccc(N)cc1NC(=O)C(C)Sc1ncccn1. The number of nitrogens with one attached hydrogen (secondary N) is 1. The molecule has 1 aromatic carbocycles. The molecule has 2 aromatic rings. The molecule has 6 nitrogen and oxygen atoms in total. The highest BCUT2D eigenvalue weighted by atomic mass is 32.2. The van der Waals surface area contributed by atoms with E-state index < -0.39 is 0 Å². The summed E-state index contributed by atoms with van der Waals surface area (Å²) >= 11 is 1.28. The summed E-state index contributed by atoms with van der Waals surface area (Å²) in [5.41, 5.74) is 6.82. The van der Waals surface area contributed by atoms with Gasteiger partial charge in [0.05, 0.1) is 18.0 Å². The van der Waals surface area contributed by atoms with Gasteiger partial charge in [-0.25, -0.2) is 9.97 Å². The highest BCUT2D eigenvalue weighted by molar-refractivity contribution is 8.00. The van der Waals surface area contributed by atoms with Gasteiger partial charge in [0.15, 0.2) is 5.16 Å². The Labute approximate surface area is 127 Å². The molecule has 0 spiro atoms. The largest absolute Gasteiger partial charge is 0.495 e. The van der Waals surface area contributed by atoms with Crippen LogP contribution in [0.3, 0.4) is 0 Å². The maximum atomic E-state index is 12.2. The molecule has 1 atom stereocenters. The van der Waals surface area contributed by atoms with Crippen LogP contribution in [0.5, 0.6) is 5.75 Å². The quantitative estimate of drug-likeness (QED) is 0.500. The Hall–Kier alpha value is -2.28. The van der Waals surface area contributed by atoms with Crippen LogP contribution < -0.4 is 15.8 Å². The monoisotopic (exact) mass is 304 g/mol. The van der Waals surface area contributed by atoms with Gasteiger partial charge < -0.3 is 15.8 Å². The molecule has 7 heteroatoms. The lowest BCUT2D eigenvalue weighted by atomic mass is 10.2. The van der Waals surface area contributed by atoms with Gasteiger partial charge in [-0.15, -0.1) is 0 Å². The van der Waals surface area contributed by atoms with E-state index in [9.17, 15) is 4.79 Å². The first-order valence-corrected chi connectivity index (χ1v) is 7.16. The molecule has 1 aromatic heterocycles. The van der Waals surface area contributed by atoms with Gasteiger partial charge in [-0.05, 0) is 31.2 Å². The van der Waals surface area contributed by atoms with Crippen LogP contribution in [-0.2, 0) is 4.79 Å². The fraction of sp³-hybridized carbons (Fsp3) is 0.214. The van der Waals surface area contributed by atoms with Crippen molar-refractivity contribution >= 4 is 29.0 Å². The van der Waals surface area contributed by atoms with Crippen LogP contribution in [0.1, 0.15) is 6.92 Å². The van der Waals surface area contributed by atoms with Gasteiger partial charge in [0.2, 0.25) is 5.91 Å². The van der Waals surface area contributed by atoms with E-state index in [1.54, 1.807) is 43.6 Å². The van der Waals surface area contributed by atoms with Gasteiger partial charge in [-0.3, -0.25) is 4.79 Å². The standard InChI is InChI=1S/C14H16N4O2S/c1-9(21-14-16-6-3-7-17-14)13(19)18-11-8-10(15)4-5-12(11)20-2/h3-9H,15H2,1-2H3,(H,18,19). The number of thioether (sulfide) groups is 1. The number of nitrogens with zero attached hydrogens (tertiary/aromatic N) is 2. The van der Waals surface area contributed by atoms with Crippen LogP contribution in [0.2, 0.25) is 0 Å². The average molecular weight is 304 g/mol. The van der Waals surface area contributed by atoms with Crippen molar-refractivity contribution in [1.82, 2.24) is 9.97 Å². The second-order valence-corrected chi connectivity index (χ2v) is 5.55. The Morgan fingerprint density at radius 1 is 1.38 bits per heavy atom. The van der Waals surface area contributed by atoms with Crippen molar-refractivity contribution in [2.24, 2.45) is 0 Å². The normalized spacial score (nSPS) is 11.7. The smallest absolute Gasteiger partial charge is 0.237 e. The third kappa shape index (κ3) is 4.09. The first kappa shape index (κ1) is 15.1. The molecule has 0 saturated heterocycles. The van der Waals surface area contributed by atoms with E-state index in [2.05, 4.69) is 15.3 Å². The zero-order valence-electron chi connectivity index (χ0n) is 11.7. The van der Waals surface area contributed by atoms with E-state index in [0.29, 0.717) is 22.3 Å². The molecule has 0 saturated carbocycles. The molecule has 21 heavy (non-hydrogen) atoms. The van der Waals surface area contributed by atoms with Gasteiger partial charge in [0, 0.05) is 18.1 Å². The Bertz CT molecular complexity index is 622. The molecule has 110 valence electrons. The number of nitrogens with two attached hydrogens (primary N) is 1. The Morgan fingerprint density at radius 2 is 2.10 bits per heavy atom. The number of benzene rings is 1. The number of anilines is 2. The van der Waals surface area contributed by atoms with Crippen molar-refractivity contribution < 1.29 is 9.53 Å². The van der Waals surface area contributed by atoms with Crippen LogP contribution in [0, 0.1) is 0 Å². The minimum absolute atomic E-state index is 0.170. The number of carbonyl (C=O) groups is 1. The van der Waals surface area contributed by atoms with Gasteiger partial charge >= 0.3 is 0 Å². The predicted molar refractivity (Wildman–Crippen MR) is 83.4 cm³/mol. The van der Waals surface area contributed by atoms with Crippen molar-refractivity contribution in [3.8, 4) is 5.75 Å². The number of aromatic nitrogens is 2. The molecule has 0 aliphatic heterocycles. The third-order valence-corrected chi connectivity index (χ3v) is 3.66. The zero-order valence-corrected chi connectivity index (χ0v) is 12.6. The summed E-state index contributed by atoms with van der Waals surface area (Å²) in [6, 6.07) is 6.81. The first-order valence-electron chi connectivity index (χ1n) is 6.28. The number of ether oxygens (including phenoxy) is 1. The van der Waals surface area contributed by atoms with Crippen LogP contribution in [-0.4, -0.2) is 28.2 Å². The summed E-state index contributed by atoms with van der Waals surface area (Å²) in [5.74, 6) is 0.391.